The van der Waals surface area contributed by atoms with Crippen molar-refractivity contribution in [2.24, 2.45) is 0 Å². The maximum atomic E-state index is 12.6. The summed E-state index contributed by atoms with van der Waals surface area (Å²) in [5, 5.41) is 0. The fraction of sp³-hybridized carbons (Fsp3) is 0.250. The maximum Gasteiger partial charge on any atom is 0.266 e. The molecular weight excluding hydrogens is 330 g/mol. The molecule has 2 aromatic rings. The molecule has 0 aliphatic carbocycles. The Bertz CT molecular complexity index is 848. The summed E-state index contributed by atoms with van der Waals surface area (Å²) in [6, 6.07) is 14.3. The zero-order valence-electron chi connectivity index (χ0n) is 14.5. The van der Waals surface area contributed by atoms with E-state index in [0.717, 1.165) is 18.8 Å². The van der Waals surface area contributed by atoms with Gasteiger partial charge in [0.1, 0.15) is 0 Å². The monoisotopic (exact) mass is 349 g/mol. The molecule has 2 heterocycles. The lowest BCUT2D eigenvalue weighted by molar-refractivity contribution is -0.129. The van der Waals surface area contributed by atoms with Gasteiger partial charge in [-0.1, -0.05) is 12.1 Å². The number of carbonyl (C=O) groups is 3. The number of fused-ring (bicyclic) bond motifs is 1. The smallest absolute Gasteiger partial charge is 0.266 e. The molecule has 1 fully saturated rings. The minimum absolute atomic E-state index is 0.102. The molecule has 6 nitrogen and oxygen atoms in total. The zero-order chi connectivity index (χ0) is 18.3. The Kier molecular flexibility index (Phi) is 3.95. The standard InChI is InChI=1S/C20H19N3O3/c1-14(24)21-10-12-22(13-11-21)15-6-8-16(9-7-15)23-19(25)17-4-2-3-5-18(17)20(23)26/h2-9H,10-13H2,1H3. The summed E-state index contributed by atoms with van der Waals surface area (Å²) in [7, 11) is 0. The lowest BCUT2D eigenvalue weighted by Gasteiger charge is -2.35. The Balaban J connectivity index is 1.52. The third-order valence-electron chi connectivity index (χ3n) is 4.99. The van der Waals surface area contributed by atoms with Crippen molar-refractivity contribution in [3.63, 3.8) is 0 Å². The van der Waals surface area contributed by atoms with E-state index in [1.807, 2.05) is 17.0 Å². The number of amides is 3. The highest BCUT2D eigenvalue weighted by molar-refractivity contribution is 6.34. The summed E-state index contributed by atoms with van der Waals surface area (Å²) in [5.41, 5.74) is 2.49. The number of carbonyl (C=O) groups excluding carboxylic acids is 3. The fourth-order valence-corrected chi connectivity index (χ4v) is 3.52. The van der Waals surface area contributed by atoms with Crippen LogP contribution < -0.4 is 9.80 Å². The van der Waals surface area contributed by atoms with Gasteiger partial charge in [0.25, 0.3) is 11.8 Å². The quantitative estimate of drug-likeness (QED) is 0.780. The molecule has 1 saturated heterocycles. The van der Waals surface area contributed by atoms with Crippen molar-refractivity contribution < 1.29 is 14.4 Å². The second kappa shape index (κ2) is 6.29. The van der Waals surface area contributed by atoms with Crippen LogP contribution in [-0.4, -0.2) is 48.8 Å². The average molecular weight is 349 g/mol. The topological polar surface area (TPSA) is 60.9 Å². The van der Waals surface area contributed by atoms with Crippen molar-refractivity contribution in [3.8, 4) is 0 Å². The van der Waals surface area contributed by atoms with Crippen LogP contribution in [0.25, 0.3) is 0 Å². The van der Waals surface area contributed by atoms with Crippen molar-refractivity contribution >= 4 is 29.1 Å². The second-order valence-corrected chi connectivity index (χ2v) is 6.50. The molecule has 3 amide bonds. The van der Waals surface area contributed by atoms with Gasteiger partial charge in [0.15, 0.2) is 0 Å². The molecule has 132 valence electrons. The van der Waals surface area contributed by atoms with Crippen LogP contribution in [-0.2, 0) is 4.79 Å². The summed E-state index contributed by atoms with van der Waals surface area (Å²) < 4.78 is 0. The Hall–Kier alpha value is -3.15. The molecule has 0 bridgehead atoms. The molecule has 2 aliphatic heterocycles. The Morgan fingerprint density at radius 3 is 1.77 bits per heavy atom. The number of piperazine rings is 1. The molecule has 0 spiro atoms. The summed E-state index contributed by atoms with van der Waals surface area (Å²) in [6.45, 7) is 4.54. The van der Waals surface area contributed by atoms with Crippen LogP contribution in [0.3, 0.4) is 0 Å². The van der Waals surface area contributed by atoms with Gasteiger partial charge in [0, 0.05) is 38.8 Å². The van der Waals surface area contributed by atoms with Crippen LogP contribution in [0.5, 0.6) is 0 Å². The molecule has 4 rings (SSSR count). The minimum atomic E-state index is -0.284. The Morgan fingerprint density at radius 2 is 1.27 bits per heavy atom. The van der Waals surface area contributed by atoms with E-state index in [1.165, 1.54) is 4.90 Å². The molecule has 2 aliphatic rings. The molecule has 0 atom stereocenters. The van der Waals surface area contributed by atoms with E-state index in [1.54, 1.807) is 43.3 Å². The molecule has 0 unspecified atom stereocenters. The van der Waals surface area contributed by atoms with E-state index >= 15 is 0 Å². The van der Waals surface area contributed by atoms with Gasteiger partial charge in [-0.2, -0.15) is 0 Å². The van der Waals surface area contributed by atoms with E-state index in [2.05, 4.69) is 4.90 Å². The van der Waals surface area contributed by atoms with Crippen molar-refractivity contribution in [2.75, 3.05) is 36.0 Å². The van der Waals surface area contributed by atoms with Gasteiger partial charge in [-0.3, -0.25) is 14.4 Å². The number of hydrogen-bond donors (Lipinski definition) is 0. The number of anilines is 2. The predicted molar refractivity (Wildman–Crippen MR) is 98.5 cm³/mol. The van der Waals surface area contributed by atoms with Crippen LogP contribution in [0.2, 0.25) is 0 Å². The summed E-state index contributed by atoms with van der Waals surface area (Å²) in [6.07, 6.45) is 0. The zero-order valence-corrected chi connectivity index (χ0v) is 14.5. The Labute approximate surface area is 151 Å². The Morgan fingerprint density at radius 1 is 0.769 bits per heavy atom. The average Bonchev–Trinajstić information content (AvgIpc) is 2.93. The number of rotatable bonds is 2. The van der Waals surface area contributed by atoms with E-state index in [9.17, 15) is 14.4 Å². The first-order valence-electron chi connectivity index (χ1n) is 8.64. The van der Waals surface area contributed by atoms with Gasteiger partial charge in [0.05, 0.1) is 16.8 Å². The highest BCUT2D eigenvalue weighted by Gasteiger charge is 2.36. The van der Waals surface area contributed by atoms with Crippen LogP contribution >= 0.6 is 0 Å². The summed E-state index contributed by atoms with van der Waals surface area (Å²) >= 11 is 0. The molecule has 2 aromatic carbocycles. The van der Waals surface area contributed by atoms with Gasteiger partial charge in [-0.15, -0.1) is 0 Å². The number of nitrogens with zero attached hydrogens (tertiary/aromatic N) is 3. The largest absolute Gasteiger partial charge is 0.368 e. The highest BCUT2D eigenvalue weighted by atomic mass is 16.2. The SMILES string of the molecule is CC(=O)N1CCN(c2ccc(N3C(=O)c4ccccc4C3=O)cc2)CC1. The van der Waals surface area contributed by atoms with Crippen molar-refractivity contribution in [1.82, 2.24) is 4.90 Å². The molecule has 26 heavy (non-hydrogen) atoms. The van der Waals surface area contributed by atoms with E-state index in [4.69, 9.17) is 0 Å². The third kappa shape index (κ3) is 2.63. The lowest BCUT2D eigenvalue weighted by Crippen LogP contribution is -2.48. The van der Waals surface area contributed by atoms with Gasteiger partial charge in [-0.05, 0) is 36.4 Å². The van der Waals surface area contributed by atoms with Gasteiger partial charge in [0.2, 0.25) is 5.91 Å². The molecule has 6 heteroatoms. The molecule has 0 saturated carbocycles. The van der Waals surface area contributed by atoms with Crippen molar-refractivity contribution in [2.45, 2.75) is 6.92 Å². The molecule has 0 radical (unpaired) electrons. The van der Waals surface area contributed by atoms with Gasteiger partial charge < -0.3 is 9.80 Å². The number of imide groups is 1. The van der Waals surface area contributed by atoms with Crippen molar-refractivity contribution in [1.29, 1.82) is 0 Å². The summed E-state index contributed by atoms with van der Waals surface area (Å²) in [4.78, 5) is 41.8. The van der Waals surface area contributed by atoms with E-state index < -0.39 is 0 Å². The van der Waals surface area contributed by atoms with E-state index in [0.29, 0.717) is 29.9 Å². The van der Waals surface area contributed by atoms with Crippen LogP contribution in [0, 0.1) is 0 Å². The van der Waals surface area contributed by atoms with E-state index in [-0.39, 0.29) is 17.7 Å². The third-order valence-corrected chi connectivity index (χ3v) is 4.99. The van der Waals surface area contributed by atoms with Gasteiger partial charge in [-0.25, -0.2) is 4.90 Å². The molecule has 0 N–H and O–H groups in total. The number of benzene rings is 2. The van der Waals surface area contributed by atoms with Crippen LogP contribution in [0.15, 0.2) is 48.5 Å². The maximum absolute atomic E-state index is 12.6. The normalized spacial score (nSPS) is 16.9. The van der Waals surface area contributed by atoms with Gasteiger partial charge >= 0.3 is 0 Å². The van der Waals surface area contributed by atoms with Crippen molar-refractivity contribution in [3.05, 3.63) is 59.7 Å². The second-order valence-electron chi connectivity index (χ2n) is 6.50. The predicted octanol–water partition coefficient (Wildman–Crippen LogP) is 2.16. The molecular formula is C20H19N3O3. The first kappa shape index (κ1) is 16.3. The van der Waals surface area contributed by atoms with Crippen LogP contribution in [0.1, 0.15) is 27.6 Å². The van der Waals surface area contributed by atoms with Crippen LogP contribution in [0.4, 0.5) is 11.4 Å². The first-order valence-corrected chi connectivity index (χ1v) is 8.64. The lowest BCUT2D eigenvalue weighted by atomic mass is 10.1. The fourth-order valence-electron chi connectivity index (χ4n) is 3.52. The number of hydrogen-bond acceptors (Lipinski definition) is 4. The molecule has 0 aromatic heterocycles. The minimum Gasteiger partial charge on any atom is -0.368 e. The first-order chi connectivity index (χ1) is 12.6. The summed E-state index contributed by atoms with van der Waals surface area (Å²) in [5.74, 6) is -0.465. The highest BCUT2D eigenvalue weighted by Crippen LogP contribution is 2.29.